The first kappa shape index (κ1) is 17.3. The summed E-state index contributed by atoms with van der Waals surface area (Å²) >= 11 is 0. The minimum Gasteiger partial charge on any atom is -0.381 e. The van der Waals surface area contributed by atoms with E-state index in [1.807, 2.05) is 0 Å². The van der Waals surface area contributed by atoms with Crippen molar-refractivity contribution in [3.05, 3.63) is 35.4 Å². The third kappa shape index (κ3) is 3.58. The van der Waals surface area contributed by atoms with E-state index in [1.165, 1.54) is 12.1 Å². The number of carbonyl (C=O) groups is 1. The molecule has 0 atom stereocenters. The SMILES string of the molecule is O=C(NCC1(c2cccc(C(F)(F)F)c2)CCOCC1)C1CCC1. The monoisotopic (exact) mass is 341 g/mol. The van der Waals surface area contributed by atoms with Crippen molar-refractivity contribution in [3.63, 3.8) is 0 Å². The molecule has 3 nitrogen and oxygen atoms in total. The van der Waals surface area contributed by atoms with Crippen LogP contribution >= 0.6 is 0 Å². The molecule has 2 fully saturated rings. The third-order valence-electron chi connectivity index (χ3n) is 5.33. The third-order valence-corrected chi connectivity index (χ3v) is 5.33. The maximum absolute atomic E-state index is 13.0. The number of ether oxygens (including phenoxy) is 1. The summed E-state index contributed by atoms with van der Waals surface area (Å²) in [7, 11) is 0. The summed E-state index contributed by atoms with van der Waals surface area (Å²) in [5, 5.41) is 2.98. The van der Waals surface area contributed by atoms with Crippen molar-refractivity contribution in [3.8, 4) is 0 Å². The highest BCUT2D eigenvalue weighted by atomic mass is 19.4. The molecule has 1 aliphatic heterocycles. The Bertz CT molecular complexity index is 590. The van der Waals surface area contributed by atoms with Gasteiger partial charge in [-0.15, -0.1) is 0 Å². The molecule has 1 saturated heterocycles. The van der Waals surface area contributed by atoms with Crippen molar-refractivity contribution in [2.45, 2.75) is 43.7 Å². The van der Waals surface area contributed by atoms with Crippen molar-refractivity contribution < 1.29 is 22.7 Å². The second-order valence-corrected chi connectivity index (χ2v) is 6.82. The Kier molecular flexibility index (Phi) is 4.85. The van der Waals surface area contributed by atoms with Gasteiger partial charge in [0.2, 0.25) is 5.91 Å². The lowest BCUT2D eigenvalue weighted by atomic mass is 9.73. The lowest BCUT2D eigenvalue weighted by Gasteiger charge is -2.39. The molecule has 0 aromatic heterocycles. The van der Waals surface area contributed by atoms with Crippen LogP contribution in [0.5, 0.6) is 0 Å². The lowest BCUT2D eigenvalue weighted by molar-refractivity contribution is -0.137. The average Bonchev–Trinajstić information content (AvgIpc) is 2.52. The summed E-state index contributed by atoms with van der Waals surface area (Å²) < 4.78 is 44.5. The largest absolute Gasteiger partial charge is 0.416 e. The van der Waals surface area contributed by atoms with Crippen LogP contribution in [0.25, 0.3) is 0 Å². The fraction of sp³-hybridized carbons (Fsp3) is 0.611. The molecule has 1 heterocycles. The zero-order chi connectivity index (χ0) is 17.2. The Labute approximate surface area is 139 Å². The molecule has 132 valence electrons. The Morgan fingerprint density at radius 1 is 1.25 bits per heavy atom. The van der Waals surface area contributed by atoms with Gasteiger partial charge in [0.1, 0.15) is 0 Å². The highest BCUT2D eigenvalue weighted by Crippen LogP contribution is 2.38. The number of amides is 1. The van der Waals surface area contributed by atoms with Crippen LogP contribution in [0.4, 0.5) is 13.2 Å². The highest BCUT2D eigenvalue weighted by molar-refractivity contribution is 5.79. The molecule has 6 heteroatoms. The van der Waals surface area contributed by atoms with E-state index < -0.39 is 17.2 Å². The molecule has 3 rings (SSSR count). The number of alkyl halides is 3. The van der Waals surface area contributed by atoms with Gasteiger partial charge in [0.25, 0.3) is 0 Å². The van der Waals surface area contributed by atoms with Crippen molar-refractivity contribution in [2.75, 3.05) is 19.8 Å². The number of halogens is 3. The van der Waals surface area contributed by atoms with Crippen LogP contribution < -0.4 is 5.32 Å². The second kappa shape index (κ2) is 6.75. The van der Waals surface area contributed by atoms with Crippen molar-refractivity contribution in [2.24, 2.45) is 5.92 Å². The van der Waals surface area contributed by atoms with Crippen molar-refractivity contribution in [1.82, 2.24) is 5.32 Å². The zero-order valence-electron chi connectivity index (χ0n) is 13.5. The fourth-order valence-corrected chi connectivity index (χ4v) is 3.43. The molecule has 0 radical (unpaired) electrons. The van der Waals surface area contributed by atoms with Crippen molar-refractivity contribution >= 4 is 5.91 Å². The van der Waals surface area contributed by atoms with E-state index in [-0.39, 0.29) is 11.8 Å². The molecule has 0 spiro atoms. The van der Waals surface area contributed by atoms with Gasteiger partial charge < -0.3 is 10.1 Å². The zero-order valence-corrected chi connectivity index (χ0v) is 13.5. The van der Waals surface area contributed by atoms with Gasteiger partial charge in [0.15, 0.2) is 0 Å². The Morgan fingerprint density at radius 2 is 1.96 bits per heavy atom. The van der Waals surface area contributed by atoms with Crippen LogP contribution in [0.1, 0.15) is 43.2 Å². The molecule has 1 amide bonds. The first-order valence-corrected chi connectivity index (χ1v) is 8.44. The van der Waals surface area contributed by atoms with Crippen LogP contribution in [0.2, 0.25) is 0 Å². The van der Waals surface area contributed by atoms with E-state index in [4.69, 9.17) is 4.74 Å². The molecule has 2 aliphatic rings. The van der Waals surface area contributed by atoms with Gasteiger partial charge in [-0.3, -0.25) is 4.79 Å². The summed E-state index contributed by atoms with van der Waals surface area (Å²) in [6, 6.07) is 5.49. The summed E-state index contributed by atoms with van der Waals surface area (Å²) in [6.07, 6.45) is -0.252. The van der Waals surface area contributed by atoms with E-state index >= 15 is 0 Å². The first-order chi connectivity index (χ1) is 11.4. The summed E-state index contributed by atoms with van der Waals surface area (Å²) in [6.45, 7) is 1.36. The van der Waals surface area contributed by atoms with Crippen LogP contribution in [0.15, 0.2) is 24.3 Å². The lowest BCUT2D eigenvalue weighted by Crippen LogP contribution is -2.46. The maximum atomic E-state index is 13.0. The van der Waals surface area contributed by atoms with Crippen LogP contribution in [-0.2, 0) is 21.1 Å². The number of carbonyl (C=O) groups excluding carboxylic acids is 1. The summed E-state index contributed by atoms with van der Waals surface area (Å²) in [4.78, 5) is 12.1. The Morgan fingerprint density at radius 3 is 2.54 bits per heavy atom. The normalized spacial score (nSPS) is 21.1. The predicted octanol–water partition coefficient (Wildman–Crippen LogP) is 3.67. The van der Waals surface area contributed by atoms with Gasteiger partial charge in [-0.2, -0.15) is 13.2 Å². The number of hydrogen-bond donors (Lipinski definition) is 1. The fourth-order valence-electron chi connectivity index (χ4n) is 3.43. The molecule has 1 N–H and O–H groups in total. The highest BCUT2D eigenvalue weighted by Gasteiger charge is 2.38. The van der Waals surface area contributed by atoms with Gasteiger partial charge in [-0.05, 0) is 37.3 Å². The van der Waals surface area contributed by atoms with E-state index in [2.05, 4.69) is 5.32 Å². The summed E-state index contributed by atoms with van der Waals surface area (Å²) in [5.74, 6) is 0.0995. The van der Waals surface area contributed by atoms with E-state index in [0.717, 1.165) is 25.3 Å². The van der Waals surface area contributed by atoms with Crippen LogP contribution in [-0.4, -0.2) is 25.7 Å². The molecule has 0 bridgehead atoms. The molecule has 1 saturated carbocycles. The first-order valence-electron chi connectivity index (χ1n) is 8.44. The molecule has 1 aliphatic carbocycles. The number of benzene rings is 1. The average molecular weight is 341 g/mol. The van der Waals surface area contributed by atoms with Gasteiger partial charge in [-0.1, -0.05) is 24.6 Å². The van der Waals surface area contributed by atoms with Gasteiger partial charge in [-0.25, -0.2) is 0 Å². The maximum Gasteiger partial charge on any atom is 0.416 e. The van der Waals surface area contributed by atoms with Gasteiger partial charge in [0.05, 0.1) is 5.56 Å². The number of rotatable bonds is 4. The summed E-state index contributed by atoms with van der Waals surface area (Å²) in [5.41, 5.74) is -0.496. The van der Waals surface area contributed by atoms with E-state index in [1.54, 1.807) is 6.07 Å². The molecular formula is C18H22F3NO2. The van der Waals surface area contributed by atoms with E-state index in [9.17, 15) is 18.0 Å². The second-order valence-electron chi connectivity index (χ2n) is 6.82. The number of hydrogen-bond acceptors (Lipinski definition) is 2. The minimum absolute atomic E-state index is 0.0269. The Hall–Kier alpha value is -1.56. The minimum atomic E-state index is -4.36. The van der Waals surface area contributed by atoms with Crippen molar-refractivity contribution in [1.29, 1.82) is 0 Å². The molecule has 1 aromatic carbocycles. The molecule has 24 heavy (non-hydrogen) atoms. The number of nitrogens with one attached hydrogen (secondary N) is 1. The topological polar surface area (TPSA) is 38.3 Å². The Balaban J connectivity index is 1.81. The smallest absolute Gasteiger partial charge is 0.381 e. The van der Waals surface area contributed by atoms with Gasteiger partial charge in [0, 0.05) is 31.1 Å². The molecule has 1 aromatic rings. The molecular weight excluding hydrogens is 319 g/mol. The predicted molar refractivity (Wildman–Crippen MR) is 83.5 cm³/mol. The standard InChI is InChI=1S/C18H22F3NO2/c19-18(20,21)15-6-2-5-14(11-15)17(7-9-24-10-8-17)12-22-16(23)13-3-1-4-13/h2,5-6,11,13H,1,3-4,7-10,12H2,(H,22,23). The van der Waals surface area contributed by atoms with Gasteiger partial charge >= 0.3 is 6.18 Å². The van der Waals surface area contributed by atoms with E-state index in [0.29, 0.717) is 38.2 Å². The van der Waals surface area contributed by atoms with Crippen LogP contribution in [0.3, 0.4) is 0 Å². The quantitative estimate of drug-likeness (QED) is 0.907. The molecule has 0 unspecified atom stereocenters. The van der Waals surface area contributed by atoms with Crippen LogP contribution in [0, 0.1) is 5.92 Å².